The smallest absolute Gasteiger partial charge is 0.254 e. The number of halogens is 1. The summed E-state index contributed by atoms with van der Waals surface area (Å²) in [5, 5.41) is 18.5. The van der Waals surface area contributed by atoms with E-state index in [2.05, 4.69) is 15.5 Å². The zero-order valence-corrected chi connectivity index (χ0v) is 10.6. The second-order valence-electron chi connectivity index (χ2n) is 4.26. The number of rotatable bonds is 3. The lowest BCUT2D eigenvalue weighted by atomic mass is 10.1. The quantitative estimate of drug-likeness (QED) is 0.790. The van der Waals surface area contributed by atoms with Gasteiger partial charge in [0.1, 0.15) is 11.6 Å². The van der Waals surface area contributed by atoms with Crippen molar-refractivity contribution in [2.24, 2.45) is 0 Å². The van der Waals surface area contributed by atoms with E-state index >= 15 is 0 Å². The van der Waals surface area contributed by atoms with E-state index in [4.69, 9.17) is 5.11 Å². The Labute approximate surface area is 109 Å². The molecule has 0 bridgehead atoms. The normalized spacial score (nSPS) is 10.5. The number of carbonyl (C=O) groups excluding carboxylic acids is 1. The molecule has 0 aliphatic carbocycles. The van der Waals surface area contributed by atoms with E-state index in [-0.39, 0.29) is 17.9 Å². The predicted molar refractivity (Wildman–Crippen MR) is 67.3 cm³/mol. The molecule has 6 heteroatoms. The van der Waals surface area contributed by atoms with Crippen molar-refractivity contribution in [1.82, 2.24) is 15.5 Å². The van der Waals surface area contributed by atoms with Crippen LogP contribution in [0.3, 0.4) is 0 Å². The third-order valence-corrected chi connectivity index (χ3v) is 2.90. The number of phenols is 1. The molecule has 0 fully saturated rings. The van der Waals surface area contributed by atoms with E-state index in [1.165, 1.54) is 12.1 Å². The molecule has 100 valence electrons. The second-order valence-corrected chi connectivity index (χ2v) is 4.26. The molecule has 0 spiro atoms. The largest absolute Gasteiger partial charge is 0.508 e. The topological polar surface area (TPSA) is 78.0 Å². The van der Waals surface area contributed by atoms with Crippen LogP contribution < -0.4 is 5.32 Å². The third kappa shape index (κ3) is 2.73. The van der Waals surface area contributed by atoms with Crippen molar-refractivity contribution in [2.75, 3.05) is 0 Å². The summed E-state index contributed by atoms with van der Waals surface area (Å²) >= 11 is 0. The van der Waals surface area contributed by atoms with E-state index in [9.17, 15) is 9.18 Å². The molecule has 0 aliphatic rings. The Morgan fingerprint density at radius 1 is 1.47 bits per heavy atom. The number of aromatic amines is 1. The van der Waals surface area contributed by atoms with Crippen molar-refractivity contribution in [2.45, 2.75) is 20.4 Å². The van der Waals surface area contributed by atoms with Crippen molar-refractivity contribution >= 4 is 5.91 Å². The van der Waals surface area contributed by atoms with Gasteiger partial charge < -0.3 is 10.4 Å². The van der Waals surface area contributed by atoms with Crippen LogP contribution in [-0.2, 0) is 6.54 Å². The first-order valence-electron chi connectivity index (χ1n) is 5.76. The molecule has 0 radical (unpaired) electrons. The molecule has 0 saturated carbocycles. The van der Waals surface area contributed by atoms with Gasteiger partial charge >= 0.3 is 0 Å². The highest BCUT2D eigenvalue weighted by Crippen LogP contribution is 2.15. The van der Waals surface area contributed by atoms with Gasteiger partial charge in [-0.05, 0) is 26.0 Å². The van der Waals surface area contributed by atoms with Crippen LogP contribution >= 0.6 is 0 Å². The van der Waals surface area contributed by atoms with E-state index in [0.29, 0.717) is 0 Å². The summed E-state index contributed by atoms with van der Waals surface area (Å²) in [6, 6.07) is 3.42. The molecule has 2 aromatic rings. The van der Waals surface area contributed by atoms with Crippen molar-refractivity contribution in [1.29, 1.82) is 0 Å². The molecule has 1 amide bonds. The van der Waals surface area contributed by atoms with Gasteiger partial charge in [-0.1, -0.05) is 0 Å². The van der Waals surface area contributed by atoms with Gasteiger partial charge in [-0.3, -0.25) is 9.89 Å². The van der Waals surface area contributed by atoms with Gasteiger partial charge in [0.15, 0.2) is 0 Å². The van der Waals surface area contributed by atoms with Crippen LogP contribution in [0.1, 0.15) is 27.3 Å². The molecule has 1 heterocycles. The number of H-pyrrole nitrogens is 1. The van der Waals surface area contributed by atoms with E-state index < -0.39 is 11.7 Å². The number of aromatic nitrogens is 2. The highest BCUT2D eigenvalue weighted by Gasteiger charge is 2.13. The lowest BCUT2D eigenvalue weighted by Gasteiger charge is -2.06. The Morgan fingerprint density at radius 2 is 2.21 bits per heavy atom. The minimum atomic E-state index is -0.752. The van der Waals surface area contributed by atoms with Crippen LogP contribution in [0.25, 0.3) is 0 Å². The molecule has 0 aliphatic heterocycles. The number of amides is 1. The molecule has 1 aromatic carbocycles. The highest BCUT2D eigenvalue weighted by atomic mass is 19.1. The number of hydrogen-bond donors (Lipinski definition) is 3. The molecule has 1 aromatic heterocycles. The summed E-state index contributed by atoms with van der Waals surface area (Å²) in [6.45, 7) is 3.95. The minimum absolute atomic E-state index is 0.100. The van der Waals surface area contributed by atoms with Crippen molar-refractivity contribution in [3.05, 3.63) is 46.5 Å². The molecule has 19 heavy (non-hydrogen) atoms. The first kappa shape index (κ1) is 13.1. The zero-order valence-electron chi connectivity index (χ0n) is 10.6. The summed E-state index contributed by atoms with van der Waals surface area (Å²) in [5.41, 5.74) is 2.44. The number of phenolic OH excluding ortho intramolecular Hbond substituents is 1. The van der Waals surface area contributed by atoms with Gasteiger partial charge in [0.05, 0.1) is 11.3 Å². The summed E-state index contributed by atoms with van der Waals surface area (Å²) in [5.74, 6) is -1.49. The summed E-state index contributed by atoms with van der Waals surface area (Å²) in [4.78, 5) is 11.8. The zero-order chi connectivity index (χ0) is 14.0. The van der Waals surface area contributed by atoms with Gasteiger partial charge in [-0.25, -0.2) is 4.39 Å². The predicted octanol–water partition coefficient (Wildman–Crippen LogP) is 1.80. The van der Waals surface area contributed by atoms with Crippen molar-refractivity contribution in [3.63, 3.8) is 0 Å². The van der Waals surface area contributed by atoms with Gasteiger partial charge in [-0.15, -0.1) is 0 Å². The van der Waals surface area contributed by atoms with Crippen LogP contribution in [0.2, 0.25) is 0 Å². The van der Waals surface area contributed by atoms with Crippen LogP contribution in [0, 0.1) is 19.7 Å². The Hall–Kier alpha value is -2.37. The Kier molecular flexibility index (Phi) is 3.50. The molecule has 5 nitrogen and oxygen atoms in total. The number of nitrogens with one attached hydrogen (secondary N) is 2. The lowest BCUT2D eigenvalue weighted by Crippen LogP contribution is -2.24. The lowest BCUT2D eigenvalue weighted by molar-refractivity contribution is 0.0947. The maximum atomic E-state index is 13.5. The van der Waals surface area contributed by atoms with E-state index in [1.54, 1.807) is 0 Å². The maximum Gasteiger partial charge on any atom is 0.254 e. The molecular weight excluding hydrogens is 249 g/mol. The monoisotopic (exact) mass is 263 g/mol. The number of benzene rings is 1. The van der Waals surface area contributed by atoms with Crippen molar-refractivity contribution < 1.29 is 14.3 Å². The molecule has 0 unspecified atom stereocenters. The Balaban J connectivity index is 2.10. The van der Waals surface area contributed by atoms with Crippen LogP contribution in [0.5, 0.6) is 5.75 Å². The number of carbonyl (C=O) groups is 1. The minimum Gasteiger partial charge on any atom is -0.508 e. The summed E-state index contributed by atoms with van der Waals surface area (Å²) < 4.78 is 13.5. The Morgan fingerprint density at radius 3 is 2.79 bits per heavy atom. The average molecular weight is 263 g/mol. The first-order chi connectivity index (χ1) is 8.99. The van der Waals surface area contributed by atoms with Gasteiger partial charge in [-0.2, -0.15) is 5.10 Å². The first-order valence-corrected chi connectivity index (χ1v) is 5.76. The standard InChI is InChI=1S/C13H14FN3O2/c1-7-11(8(2)17-16-7)6-15-13(19)10-4-3-9(18)5-12(10)14/h3-5,18H,6H2,1-2H3,(H,15,19)(H,16,17). The summed E-state index contributed by atoms with van der Waals surface area (Å²) in [7, 11) is 0. The van der Waals surface area contributed by atoms with Crippen LogP contribution in [0.15, 0.2) is 18.2 Å². The fourth-order valence-corrected chi connectivity index (χ4v) is 1.79. The Bertz CT molecular complexity index is 603. The van der Waals surface area contributed by atoms with Gasteiger partial charge in [0.25, 0.3) is 5.91 Å². The number of nitrogens with zero attached hydrogens (tertiary/aromatic N) is 1. The molecule has 3 N–H and O–H groups in total. The molecule has 0 saturated heterocycles. The number of aryl methyl sites for hydroxylation is 2. The molecule has 2 rings (SSSR count). The van der Waals surface area contributed by atoms with Crippen molar-refractivity contribution in [3.8, 4) is 5.75 Å². The second kappa shape index (κ2) is 5.09. The van der Waals surface area contributed by atoms with Crippen LogP contribution in [-0.4, -0.2) is 21.2 Å². The SMILES string of the molecule is Cc1n[nH]c(C)c1CNC(=O)c1ccc(O)cc1F. The highest BCUT2D eigenvalue weighted by molar-refractivity contribution is 5.94. The van der Waals surface area contributed by atoms with E-state index in [0.717, 1.165) is 23.0 Å². The molecular formula is C13H14FN3O2. The maximum absolute atomic E-state index is 13.5. The fourth-order valence-electron chi connectivity index (χ4n) is 1.79. The van der Waals surface area contributed by atoms with Gasteiger partial charge in [0, 0.05) is 23.9 Å². The number of hydrogen-bond acceptors (Lipinski definition) is 3. The summed E-state index contributed by atoms with van der Waals surface area (Å²) in [6.07, 6.45) is 0. The molecule has 0 atom stereocenters. The average Bonchev–Trinajstić information content (AvgIpc) is 2.66. The fraction of sp³-hybridized carbons (Fsp3) is 0.231. The van der Waals surface area contributed by atoms with E-state index in [1.807, 2.05) is 13.8 Å². The third-order valence-electron chi connectivity index (χ3n) is 2.90. The van der Waals surface area contributed by atoms with Gasteiger partial charge in [0.2, 0.25) is 0 Å². The number of aromatic hydroxyl groups is 1. The van der Waals surface area contributed by atoms with Crippen LogP contribution in [0.4, 0.5) is 4.39 Å².